The maximum absolute atomic E-state index is 12.2. The maximum Gasteiger partial charge on any atom is 0.251 e. The maximum atomic E-state index is 12.2. The number of hydrogen-bond donors (Lipinski definition) is 2. The van der Waals surface area contributed by atoms with Crippen molar-refractivity contribution in [3.8, 4) is 0 Å². The molecule has 0 aliphatic carbocycles. The van der Waals surface area contributed by atoms with Gasteiger partial charge in [-0.1, -0.05) is 24.3 Å². The molecule has 140 valence electrons. The number of anilines is 1. The summed E-state index contributed by atoms with van der Waals surface area (Å²) in [6.07, 6.45) is 1.10. The third-order valence-electron chi connectivity index (χ3n) is 3.83. The number of carbonyl (C=O) groups excluding carboxylic acids is 1. The molecule has 2 aromatic rings. The minimum atomic E-state index is -3.33. The third-order valence-corrected chi connectivity index (χ3v) is 5.43. The lowest BCUT2D eigenvalue weighted by Gasteiger charge is -2.10. The van der Waals surface area contributed by atoms with Gasteiger partial charge in [0, 0.05) is 23.6 Å². The molecule has 0 aliphatic heterocycles. The molecule has 0 bridgehead atoms. The average molecular weight is 393 g/mol. The zero-order valence-corrected chi connectivity index (χ0v) is 16.8. The Bertz CT molecular complexity index is 880. The fourth-order valence-electron chi connectivity index (χ4n) is 2.41. The fourth-order valence-corrected chi connectivity index (χ4v) is 3.98. The standard InChI is InChI=1S/C19H24N2O3S2/c1-14-6-4-5-7-17(14)13-25-11-10-20-19(22)16-8-9-18(15(2)12-16)21-26(3,23)24/h4-9,12,21H,10-11,13H2,1-3H3,(H,20,22). The molecule has 0 saturated heterocycles. The highest BCUT2D eigenvalue weighted by molar-refractivity contribution is 7.98. The number of nitrogens with one attached hydrogen (secondary N) is 2. The predicted molar refractivity (Wildman–Crippen MR) is 109 cm³/mol. The van der Waals surface area contributed by atoms with Gasteiger partial charge in [-0.25, -0.2) is 8.42 Å². The summed E-state index contributed by atoms with van der Waals surface area (Å²) in [6.45, 7) is 4.45. The third kappa shape index (κ3) is 6.38. The van der Waals surface area contributed by atoms with Crippen molar-refractivity contribution in [1.29, 1.82) is 0 Å². The van der Waals surface area contributed by atoms with Crippen molar-refractivity contribution in [2.45, 2.75) is 19.6 Å². The Kier molecular flexibility index (Phi) is 7.11. The van der Waals surface area contributed by atoms with Gasteiger partial charge in [0.05, 0.1) is 11.9 Å². The number of amides is 1. The number of benzene rings is 2. The van der Waals surface area contributed by atoms with Crippen molar-refractivity contribution < 1.29 is 13.2 Å². The number of rotatable bonds is 8. The van der Waals surface area contributed by atoms with E-state index in [9.17, 15) is 13.2 Å². The summed E-state index contributed by atoms with van der Waals surface area (Å²) in [6, 6.07) is 13.2. The fraction of sp³-hybridized carbons (Fsp3) is 0.316. The van der Waals surface area contributed by atoms with Gasteiger partial charge in [-0.05, 0) is 48.7 Å². The van der Waals surface area contributed by atoms with E-state index in [4.69, 9.17) is 0 Å². The van der Waals surface area contributed by atoms with Crippen molar-refractivity contribution in [2.75, 3.05) is 23.3 Å². The van der Waals surface area contributed by atoms with Crippen molar-refractivity contribution in [1.82, 2.24) is 5.32 Å². The smallest absolute Gasteiger partial charge is 0.251 e. The van der Waals surface area contributed by atoms with Crippen LogP contribution in [0.4, 0.5) is 5.69 Å². The van der Waals surface area contributed by atoms with Crippen LogP contribution in [0.5, 0.6) is 0 Å². The van der Waals surface area contributed by atoms with Crippen LogP contribution < -0.4 is 10.0 Å². The second kappa shape index (κ2) is 9.09. The van der Waals surface area contributed by atoms with Gasteiger partial charge < -0.3 is 5.32 Å². The molecule has 0 fully saturated rings. The molecular formula is C19H24N2O3S2. The highest BCUT2D eigenvalue weighted by Crippen LogP contribution is 2.18. The molecule has 0 unspecified atom stereocenters. The predicted octanol–water partition coefficient (Wildman–Crippen LogP) is 3.34. The molecule has 0 spiro atoms. The number of sulfonamides is 1. The van der Waals surface area contributed by atoms with E-state index in [2.05, 4.69) is 29.1 Å². The molecule has 26 heavy (non-hydrogen) atoms. The van der Waals surface area contributed by atoms with E-state index in [1.165, 1.54) is 11.1 Å². The number of thioether (sulfide) groups is 1. The summed E-state index contributed by atoms with van der Waals surface area (Å²) in [7, 11) is -3.33. The first-order valence-corrected chi connectivity index (χ1v) is 11.3. The van der Waals surface area contributed by atoms with Gasteiger partial charge >= 0.3 is 0 Å². The quantitative estimate of drug-likeness (QED) is 0.676. The first-order valence-electron chi connectivity index (χ1n) is 8.25. The second-order valence-corrected chi connectivity index (χ2v) is 8.99. The van der Waals surface area contributed by atoms with Crippen LogP contribution in [-0.2, 0) is 15.8 Å². The minimum Gasteiger partial charge on any atom is -0.351 e. The van der Waals surface area contributed by atoms with Gasteiger partial charge in [0.25, 0.3) is 5.91 Å². The van der Waals surface area contributed by atoms with E-state index in [1.54, 1.807) is 36.9 Å². The van der Waals surface area contributed by atoms with Gasteiger partial charge in [-0.3, -0.25) is 9.52 Å². The molecule has 5 nitrogen and oxygen atoms in total. The Morgan fingerprint density at radius 2 is 1.81 bits per heavy atom. The molecule has 1 amide bonds. The molecule has 0 aliphatic rings. The summed E-state index contributed by atoms with van der Waals surface area (Å²) in [5, 5.41) is 2.90. The largest absolute Gasteiger partial charge is 0.351 e. The van der Waals surface area contributed by atoms with Crippen molar-refractivity contribution >= 4 is 33.4 Å². The van der Waals surface area contributed by atoms with E-state index in [-0.39, 0.29) is 5.91 Å². The summed E-state index contributed by atoms with van der Waals surface area (Å²) < 4.78 is 25.0. The van der Waals surface area contributed by atoms with E-state index < -0.39 is 10.0 Å². The summed E-state index contributed by atoms with van der Waals surface area (Å²) in [4.78, 5) is 12.2. The van der Waals surface area contributed by atoms with Crippen LogP contribution in [-0.4, -0.2) is 32.9 Å². The summed E-state index contributed by atoms with van der Waals surface area (Å²) in [5.74, 6) is 1.59. The lowest BCUT2D eigenvalue weighted by atomic mass is 10.1. The van der Waals surface area contributed by atoms with Crippen molar-refractivity contribution in [3.63, 3.8) is 0 Å². The Labute approximate surface area is 159 Å². The van der Waals surface area contributed by atoms with Gasteiger partial charge in [-0.15, -0.1) is 0 Å². The molecule has 0 heterocycles. The van der Waals surface area contributed by atoms with Crippen molar-refractivity contribution in [2.24, 2.45) is 0 Å². The van der Waals surface area contributed by atoms with Gasteiger partial charge in [0.15, 0.2) is 0 Å². The Balaban J connectivity index is 1.81. The van der Waals surface area contributed by atoms with Crippen LogP contribution >= 0.6 is 11.8 Å². The molecule has 2 rings (SSSR count). The second-order valence-electron chi connectivity index (χ2n) is 6.14. The van der Waals surface area contributed by atoms with E-state index in [1.807, 2.05) is 12.1 Å². The topological polar surface area (TPSA) is 75.3 Å². The summed E-state index contributed by atoms with van der Waals surface area (Å²) in [5.41, 5.74) is 4.30. The lowest BCUT2D eigenvalue weighted by molar-refractivity contribution is 0.0956. The zero-order valence-electron chi connectivity index (χ0n) is 15.2. The minimum absolute atomic E-state index is 0.157. The zero-order chi connectivity index (χ0) is 19.2. The van der Waals surface area contributed by atoms with Crippen LogP contribution in [0.2, 0.25) is 0 Å². The van der Waals surface area contributed by atoms with Gasteiger partial charge in [0.1, 0.15) is 0 Å². The lowest BCUT2D eigenvalue weighted by Crippen LogP contribution is -2.26. The Morgan fingerprint density at radius 3 is 2.46 bits per heavy atom. The normalized spacial score (nSPS) is 11.2. The van der Waals surface area contributed by atoms with Crippen LogP contribution in [0.25, 0.3) is 0 Å². The molecule has 0 radical (unpaired) electrons. The highest BCUT2D eigenvalue weighted by Gasteiger charge is 2.09. The van der Waals surface area contributed by atoms with Crippen LogP contribution in [0.1, 0.15) is 27.0 Å². The molecule has 0 saturated carbocycles. The summed E-state index contributed by atoms with van der Waals surface area (Å²) >= 11 is 1.78. The number of hydrogen-bond acceptors (Lipinski definition) is 4. The molecule has 0 atom stereocenters. The van der Waals surface area contributed by atoms with E-state index in [0.717, 1.165) is 17.8 Å². The van der Waals surface area contributed by atoms with Gasteiger partial charge in [0.2, 0.25) is 10.0 Å². The van der Waals surface area contributed by atoms with Crippen LogP contribution in [0.15, 0.2) is 42.5 Å². The molecule has 0 aromatic heterocycles. The van der Waals surface area contributed by atoms with Gasteiger partial charge in [-0.2, -0.15) is 11.8 Å². The molecule has 7 heteroatoms. The van der Waals surface area contributed by atoms with E-state index >= 15 is 0 Å². The van der Waals surface area contributed by atoms with E-state index in [0.29, 0.717) is 23.4 Å². The molecule has 2 aromatic carbocycles. The average Bonchev–Trinajstić information content (AvgIpc) is 2.56. The Hall–Kier alpha value is -1.99. The molecular weight excluding hydrogens is 368 g/mol. The Morgan fingerprint density at radius 1 is 1.08 bits per heavy atom. The van der Waals surface area contributed by atoms with Crippen molar-refractivity contribution in [3.05, 3.63) is 64.7 Å². The van der Waals surface area contributed by atoms with Crippen LogP contribution in [0, 0.1) is 13.8 Å². The highest BCUT2D eigenvalue weighted by atomic mass is 32.2. The molecule has 2 N–H and O–H groups in total. The first kappa shape index (κ1) is 20.3. The monoisotopic (exact) mass is 392 g/mol. The number of aryl methyl sites for hydroxylation is 2. The number of carbonyl (C=O) groups is 1. The van der Waals surface area contributed by atoms with Crippen LogP contribution in [0.3, 0.4) is 0 Å². The SMILES string of the molecule is Cc1ccccc1CSCCNC(=O)c1ccc(NS(C)(=O)=O)c(C)c1. The first-order chi connectivity index (χ1) is 12.3.